The van der Waals surface area contributed by atoms with Crippen LogP contribution < -0.4 is 49.1 Å². The van der Waals surface area contributed by atoms with Crippen LogP contribution in [0.1, 0.15) is 115 Å². The van der Waals surface area contributed by atoms with Crippen LogP contribution in [0.25, 0.3) is 0 Å². The SMILES string of the molecule is CCCC[C@H](N)C(=O)N1CCC[C@H]1C(=O)NC1(C(=O)N[C@@H](Cc2cnc[nH]2)C(=O)N[C@@H](CO)C(=O)N[C@@H](CCCN=C(N)N)C(=O)N[C@H](C(=O)N2CCC[C@H]2C(=O)N[C@@H](Cc2ccccc2)C(=O)N2CCC[C@H]2C(=O)O)C(C)C)CC1. The third kappa shape index (κ3) is 16.7. The number of carbonyl (C=O) groups excluding carboxylic acids is 9. The number of nitrogens with zero attached hydrogens (tertiary/aromatic N) is 5. The van der Waals surface area contributed by atoms with E-state index in [4.69, 9.17) is 17.2 Å². The van der Waals surface area contributed by atoms with Crippen LogP contribution in [0.2, 0.25) is 0 Å². The second kappa shape index (κ2) is 29.2. The van der Waals surface area contributed by atoms with Crippen LogP contribution in [-0.2, 0) is 60.8 Å². The average molecular weight is 1130 g/mol. The number of aliphatic hydroxyl groups excluding tert-OH is 1. The molecular formula is C54H81N15O12. The fourth-order valence-electron chi connectivity index (χ4n) is 10.6. The molecular weight excluding hydrogens is 1050 g/mol. The number of unbranched alkanes of at least 4 members (excludes halogenated alkanes) is 1. The number of carboxylic acids is 1. The van der Waals surface area contributed by atoms with Crippen molar-refractivity contribution in [3.63, 3.8) is 0 Å². The normalized spacial score (nSPS) is 20.4. The van der Waals surface area contributed by atoms with Gasteiger partial charge in [-0.1, -0.05) is 63.9 Å². The molecule has 6 rings (SSSR count). The molecule has 0 radical (unpaired) electrons. The number of H-pyrrole nitrogens is 1. The first-order valence-corrected chi connectivity index (χ1v) is 28.1. The van der Waals surface area contributed by atoms with Crippen LogP contribution in [0.5, 0.6) is 0 Å². The number of nitrogens with one attached hydrogen (secondary N) is 7. The van der Waals surface area contributed by atoms with Gasteiger partial charge in [0.25, 0.3) is 0 Å². The zero-order chi connectivity index (χ0) is 59.0. The molecule has 1 aromatic heterocycles. The number of guanidine groups is 1. The number of hydrogen-bond acceptors (Lipinski definition) is 14. The fraction of sp³-hybridized carbons (Fsp3) is 0.630. The van der Waals surface area contributed by atoms with E-state index >= 15 is 0 Å². The third-order valence-electron chi connectivity index (χ3n) is 15.4. The summed E-state index contributed by atoms with van der Waals surface area (Å²) in [5.41, 5.74) is 17.0. The van der Waals surface area contributed by atoms with Crippen LogP contribution in [0.15, 0.2) is 47.8 Å². The molecule has 81 heavy (non-hydrogen) atoms. The van der Waals surface area contributed by atoms with Crippen molar-refractivity contribution in [1.29, 1.82) is 0 Å². The van der Waals surface area contributed by atoms with Crippen LogP contribution >= 0.6 is 0 Å². The van der Waals surface area contributed by atoms with E-state index in [1.54, 1.807) is 44.2 Å². The van der Waals surface area contributed by atoms with Gasteiger partial charge in [0.15, 0.2) is 5.96 Å². The number of carboxylic acid groups (broad SMARTS) is 1. The highest BCUT2D eigenvalue weighted by Gasteiger charge is 2.54. The Bertz CT molecular complexity index is 2580. The maximum absolute atomic E-state index is 14.6. The monoisotopic (exact) mass is 1130 g/mol. The zero-order valence-electron chi connectivity index (χ0n) is 46.4. The van der Waals surface area contributed by atoms with E-state index in [9.17, 15) is 58.2 Å². The molecule has 15 N–H and O–H groups in total. The predicted octanol–water partition coefficient (Wildman–Crippen LogP) is -2.46. The van der Waals surface area contributed by atoms with E-state index < -0.39 is 126 Å². The Labute approximate surface area is 470 Å². The molecule has 9 atom stereocenters. The summed E-state index contributed by atoms with van der Waals surface area (Å²) < 4.78 is 0. The highest BCUT2D eigenvalue weighted by molar-refractivity contribution is 6.01. The number of benzene rings is 1. The second-order valence-corrected chi connectivity index (χ2v) is 21.8. The van der Waals surface area contributed by atoms with Crippen molar-refractivity contribution in [2.75, 3.05) is 32.8 Å². The summed E-state index contributed by atoms with van der Waals surface area (Å²) in [6.45, 7) is 5.07. The highest BCUT2D eigenvalue weighted by Crippen LogP contribution is 2.37. The minimum absolute atomic E-state index is 0.0307. The largest absolute Gasteiger partial charge is 0.480 e. The molecule has 9 amide bonds. The van der Waals surface area contributed by atoms with E-state index in [1.807, 2.05) is 6.92 Å². The lowest BCUT2D eigenvalue weighted by molar-refractivity contribution is -0.150. The molecule has 2 aromatic rings. The number of hydrogen-bond donors (Lipinski definition) is 12. The topological polar surface area (TPSA) is 412 Å². The van der Waals surface area contributed by atoms with Gasteiger partial charge in [0, 0.05) is 50.9 Å². The number of imidazole rings is 1. The van der Waals surface area contributed by atoms with Crippen molar-refractivity contribution in [3.05, 3.63) is 54.1 Å². The number of aliphatic hydroxyl groups is 1. The molecule has 3 saturated heterocycles. The molecule has 444 valence electrons. The number of likely N-dealkylation sites (tertiary alicyclic amines) is 3. The molecule has 4 heterocycles. The number of nitrogens with two attached hydrogens (primary N) is 3. The molecule has 0 unspecified atom stereocenters. The summed E-state index contributed by atoms with van der Waals surface area (Å²) in [6.07, 6.45) is 7.57. The molecule has 27 heteroatoms. The molecule has 1 aromatic carbocycles. The molecule has 27 nitrogen and oxygen atoms in total. The molecule has 3 aliphatic heterocycles. The minimum Gasteiger partial charge on any atom is -0.480 e. The number of amides is 9. The molecule has 4 aliphatic rings. The van der Waals surface area contributed by atoms with Crippen molar-refractivity contribution in [2.45, 2.75) is 177 Å². The van der Waals surface area contributed by atoms with Crippen molar-refractivity contribution in [2.24, 2.45) is 28.1 Å². The number of aliphatic carboxylic acids is 1. The first kappa shape index (κ1) is 62.5. The van der Waals surface area contributed by atoms with Crippen LogP contribution in [0, 0.1) is 5.92 Å². The van der Waals surface area contributed by atoms with Gasteiger partial charge in [-0.15, -0.1) is 0 Å². The first-order chi connectivity index (χ1) is 38.7. The van der Waals surface area contributed by atoms with E-state index in [0.717, 1.165) is 12.8 Å². The minimum atomic E-state index is -1.69. The summed E-state index contributed by atoms with van der Waals surface area (Å²) in [5.74, 6) is -8.08. The smallest absolute Gasteiger partial charge is 0.326 e. The first-order valence-electron chi connectivity index (χ1n) is 28.1. The summed E-state index contributed by atoms with van der Waals surface area (Å²) in [6, 6.07) is -1.71. The van der Waals surface area contributed by atoms with Gasteiger partial charge >= 0.3 is 5.97 Å². The van der Waals surface area contributed by atoms with Gasteiger partial charge in [-0.25, -0.2) is 9.78 Å². The molecule has 0 spiro atoms. The lowest BCUT2D eigenvalue weighted by Crippen LogP contribution is -2.62. The molecule has 1 aliphatic carbocycles. The maximum atomic E-state index is 14.6. The van der Waals surface area contributed by atoms with Crippen LogP contribution in [0.3, 0.4) is 0 Å². The van der Waals surface area contributed by atoms with E-state index in [0.29, 0.717) is 49.9 Å². The van der Waals surface area contributed by atoms with Crippen molar-refractivity contribution in [3.8, 4) is 0 Å². The second-order valence-electron chi connectivity index (χ2n) is 21.8. The maximum Gasteiger partial charge on any atom is 0.326 e. The average Bonchev–Trinajstić information content (AvgIpc) is 4.03. The van der Waals surface area contributed by atoms with E-state index in [-0.39, 0.29) is 82.9 Å². The molecule has 0 bridgehead atoms. The summed E-state index contributed by atoms with van der Waals surface area (Å²) in [5, 5.41) is 36.6. The summed E-state index contributed by atoms with van der Waals surface area (Å²) in [4.78, 5) is 153. The zero-order valence-corrected chi connectivity index (χ0v) is 46.4. The third-order valence-corrected chi connectivity index (χ3v) is 15.4. The van der Waals surface area contributed by atoms with Gasteiger partial charge < -0.3 is 79.0 Å². The highest BCUT2D eigenvalue weighted by atomic mass is 16.4. The van der Waals surface area contributed by atoms with Gasteiger partial charge in [-0.05, 0) is 82.1 Å². The molecule has 1 saturated carbocycles. The van der Waals surface area contributed by atoms with Gasteiger partial charge in [0.2, 0.25) is 53.2 Å². The van der Waals surface area contributed by atoms with Crippen molar-refractivity contribution >= 4 is 65.1 Å². The number of rotatable bonds is 29. The fourth-order valence-corrected chi connectivity index (χ4v) is 10.6. The standard InChI is InChI=1S/C54H81N15O12/c1-4-5-15-34(55)48(76)67-23-11-18-40(67)47(75)66-54(20-21-54)52(81)64-36(27-33-28-58-30-60-33)44(72)63-38(29-70)45(73)61-35(16-9-22-59-53(56)57)43(71)65-42(31(2)3)50(78)68-24-10-17-39(68)46(74)62-37(26-32-13-7-6-8-14-32)49(77)69-25-12-19-41(69)51(79)80/h6-8,13-14,28,30-31,34-42,70H,4-5,9-12,15-27,29,55H2,1-3H3,(H,58,60)(H,61,73)(H,62,74)(H,63,72)(H,64,81)(H,65,71)(H,66,75)(H,79,80)(H4,56,57,59)/t34-,35-,36-,37-,38-,39-,40-,41-,42-/m0/s1. The summed E-state index contributed by atoms with van der Waals surface area (Å²) >= 11 is 0. The van der Waals surface area contributed by atoms with Crippen LogP contribution in [-0.4, -0.2) is 193 Å². The predicted molar refractivity (Wildman–Crippen MR) is 293 cm³/mol. The summed E-state index contributed by atoms with van der Waals surface area (Å²) in [7, 11) is 0. The van der Waals surface area contributed by atoms with Crippen molar-refractivity contribution in [1.82, 2.24) is 56.6 Å². The number of aliphatic imine (C=N–C) groups is 1. The number of carbonyl (C=O) groups is 10. The Morgan fingerprint density at radius 3 is 1.89 bits per heavy atom. The van der Waals surface area contributed by atoms with E-state index in [1.165, 1.54) is 27.2 Å². The lowest BCUT2D eigenvalue weighted by Gasteiger charge is -2.33. The Morgan fingerprint density at radius 1 is 0.716 bits per heavy atom. The Balaban J connectivity index is 1.13. The lowest BCUT2D eigenvalue weighted by atomic mass is 10.0. The van der Waals surface area contributed by atoms with E-state index in [2.05, 4.69) is 46.9 Å². The Kier molecular flexibility index (Phi) is 22.5. The number of aromatic amines is 1. The van der Waals surface area contributed by atoms with Gasteiger partial charge in [0.05, 0.1) is 19.0 Å². The quantitative estimate of drug-likeness (QED) is 0.0228. The Morgan fingerprint density at radius 2 is 1.31 bits per heavy atom. The Hall–Kier alpha value is -7.68. The van der Waals surface area contributed by atoms with Gasteiger partial charge in [-0.3, -0.25) is 48.1 Å². The molecule has 4 fully saturated rings. The van der Waals surface area contributed by atoms with Gasteiger partial charge in [0.1, 0.15) is 53.9 Å². The van der Waals surface area contributed by atoms with Crippen molar-refractivity contribution < 1.29 is 58.2 Å². The van der Waals surface area contributed by atoms with Gasteiger partial charge in [-0.2, -0.15) is 0 Å². The number of aromatic nitrogens is 2. The van der Waals surface area contributed by atoms with Crippen LogP contribution in [0.4, 0.5) is 0 Å².